The van der Waals surface area contributed by atoms with E-state index in [4.69, 9.17) is 0 Å². The molecule has 0 aromatic heterocycles. The predicted molar refractivity (Wildman–Crippen MR) is 89.1 cm³/mol. The number of carbonyl (C=O) groups is 1. The summed E-state index contributed by atoms with van der Waals surface area (Å²) in [4.78, 5) is 12.9. The maximum Gasteiger partial charge on any atom is 0.392 e. The van der Waals surface area contributed by atoms with Gasteiger partial charge >= 0.3 is 6.18 Å². The third-order valence-corrected chi connectivity index (χ3v) is 5.63. The second-order valence-electron chi connectivity index (χ2n) is 6.91. The van der Waals surface area contributed by atoms with Crippen molar-refractivity contribution < 1.29 is 18.0 Å². The van der Waals surface area contributed by atoms with Crippen molar-refractivity contribution in [2.45, 2.75) is 43.9 Å². The van der Waals surface area contributed by atoms with E-state index in [1.54, 1.807) is 6.20 Å². The van der Waals surface area contributed by atoms with Crippen molar-refractivity contribution in [3.8, 4) is 0 Å². The summed E-state index contributed by atoms with van der Waals surface area (Å²) in [6.07, 6.45) is -3.46. The Kier molecular flexibility index (Phi) is 3.78. The predicted octanol–water partition coefficient (Wildman–Crippen LogP) is 4.41. The highest BCUT2D eigenvalue weighted by Gasteiger charge is 2.54. The van der Waals surface area contributed by atoms with E-state index in [-0.39, 0.29) is 6.42 Å². The molecular formula is C19H18F3N3O. The molecule has 4 rings (SSSR count). The number of alkyl halides is 3. The van der Waals surface area contributed by atoms with E-state index in [0.29, 0.717) is 17.7 Å². The third kappa shape index (κ3) is 2.33. The van der Waals surface area contributed by atoms with Crippen molar-refractivity contribution in [3.05, 3.63) is 58.9 Å². The van der Waals surface area contributed by atoms with Gasteiger partial charge in [0.25, 0.3) is 0 Å². The van der Waals surface area contributed by atoms with Crippen LogP contribution in [0.15, 0.2) is 63.6 Å². The molecule has 3 aliphatic rings. The molecule has 1 unspecified atom stereocenters. The maximum atomic E-state index is 13.3. The molecule has 3 atom stereocenters. The molecule has 1 N–H and O–H groups in total. The molecule has 0 spiro atoms. The lowest BCUT2D eigenvalue weighted by atomic mass is 9.60. The quantitative estimate of drug-likeness (QED) is 0.848. The Morgan fingerprint density at radius 2 is 1.96 bits per heavy atom. The van der Waals surface area contributed by atoms with E-state index in [1.807, 2.05) is 37.3 Å². The first kappa shape index (κ1) is 17.0. The molecule has 1 aromatic carbocycles. The van der Waals surface area contributed by atoms with Crippen molar-refractivity contribution >= 4 is 5.78 Å². The molecule has 1 aromatic rings. The van der Waals surface area contributed by atoms with Gasteiger partial charge in [-0.2, -0.15) is 23.4 Å². The lowest BCUT2D eigenvalue weighted by molar-refractivity contribution is -0.179. The minimum atomic E-state index is -4.40. The normalized spacial score (nSPS) is 30.6. The zero-order chi connectivity index (χ0) is 18.5. The largest absolute Gasteiger partial charge is 0.392 e. The zero-order valence-corrected chi connectivity index (χ0v) is 14.2. The average Bonchev–Trinajstić information content (AvgIpc) is 3.08. The van der Waals surface area contributed by atoms with Gasteiger partial charge in [-0.05, 0) is 18.4 Å². The smallest absolute Gasteiger partial charge is 0.362 e. The van der Waals surface area contributed by atoms with Gasteiger partial charge in [-0.15, -0.1) is 0 Å². The molecule has 1 aliphatic carbocycles. The van der Waals surface area contributed by atoms with E-state index in [9.17, 15) is 18.0 Å². The molecule has 136 valence electrons. The summed E-state index contributed by atoms with van der Waals surface area (Å²) in [5, 5.41) is 11.2. The summed E-state index contributed by atoms with van der Waals surface area (Å²) in [6.45, 7) is 1.95. The minimum Gasteiger partial charge on any atom is -0.362 e. The summed E-state index contributed by atoms with van der Waals surface area (Å²) in [6, 6.07) is 9.46. The zero-order valence-electron chi connectivity index (χ0n) is 14.2. The monoisotopic (exact) mass is 361 g/mol. The highest BCUT2D eigenvalue weighted by Crippen LogP contribution is 2.53. The molecule has 0 fully saturated rings. The molecule has 2 heterocycles. The molecule has 0 bridgehead atoms. The van der Waals surface area contributed by atoms with Crippen molar-refractivity contribution in [1.82, 2.24) is 5.32 Å². The van der Waals surface area contributed by atoms with Crippen LogP contribution in [0.1, 0.15) is 31.7 Å². The second kappa shape index (κ2) is 5.79. The van der Waals surface area contributed by atoms with Crippen LogP contribution in [-0.2, 0) is 10.2 Å². The van der Waals surface area contributed by atoms with E-state index in [0.717, 1.165) is 11.1 Å². The van der Waals surface area contributed by atoms with Crippen LogP contribution in [-0.4, -0.2) is 18.1 Å². The van der Waals surface area contributed by atoms with Crippen LogP contribution in [0.3, 0.4) is 0 Å². The van der Waals surface area contributed by atoms with Crippen LogP contribution in [0.25, 0.3) is 0 Å². The number of nitrogens with zero attached hydrogens (tertiary/aromatic N) is 2. The Balaban J connectivity index is 1.93. The van der Waals surface area contributed by atoms with Gasteiger partial charge in [0.15, 0.2) is 11.9 Å². The molecule has 26 heavy (non-hydrogen) atoms. The average molecular weight is 361 g/mol. The van der Waals surface area contributed by atoms with E-state index in [1.165, 1.54) is 0 Å². The first-order chi connectivity index (χ1) is 12.4. The number of nitrogens with one attached hydrogen (secondary N) is 1. The highest BCUT2D eigenvalue weighted by molar-refractivity contribution is 6.01. The van der Waals surface area contributed by atoms with Gasteiger partial charge in [0.1, 0.15) is 0 Å². The van der Waals surface area contributed by atoms with Crippen molar-refractivity contribution in [1.29, 1.82) is 0 Å². The first-order valence-electron chi connectivity index (χ1n) is 8.64. The maximum absolute atomic E-state index is 13.3. The standard InChI is InChI=1S/C19H18F3N3O/c1-2-18(11-6-4-3-5-7-11)13-10-23-25-17(13)24-14-8-12(19(20,21)22)9-15(26)16(14)18/h3-7,10,12,17,24H,2,8-9H2,1H3/t12-,17?,18+/m0/s1. The molecule has 4 nitrogen and oxygen atoms in total. The summed E-state index contributed by atoms with van der Waals surface area (Å²) >= 11 is 0. The topological polar surface area (TPSA) is 53.8 Å². The fourth-order valence-corrected chi connectivity index (χ4v) is 4.45. The fraction of sp³-hybridized carbons (Fsp3) is 0.421. The molecule has 0 saturated heterocycles. The number of rotatable bonds is 2. The Morgan fingerprint density at radius 1 is 1.23 bits per heavy atom. The van der Waals surface area contributed by atoms with E-state index >= 15 is 0 Å². The van der Waals surface area contributed by atoms with E-state index < -0.39 is 35.9 Å². The summed E-state index contributed by atoms with van der Waals surface area (Å²) < 4.78 is 39.8. The van der Waals surface area contributed by atoms with Gasteiger partial charge in [-0.1, -0.05) is 37.3 Å². The van der Waals surface area contributed by atoms with Gasteiger partial charge in [0, 0.05) is 23.3 Å². The van der Waals surface area contributed by atoms with Gasteiger partial charge in [0.05, 0.1) is 17.5 Å². The Bertz CT molecular complexity index is 841. The Hall–Kier alpha value is -2.44. The number of azo groups is 1. The van der Waals surface area contributed by atoms with Gasteiger partial charge < -0.3 is 5.32 Å². The number of ketones is 1. The second-order valence-corrected chi connectivity index (χ2v) is 6.91. The number of allylic oxidation sites excluding steroid dienone is 2. The lowest BCUT2D eigenvalue weighted by Gasteiger charge is -2.46. The third-order valence-electron chi connectivity index (χ3n) is 5.63. The van der Waals surface area contributed by atoms with Gasteiger partial charge in [-0.25, -0.2) is 0 Å². The number of Topliss-reactive ketones (excluding diaryl/α,β-unsaturated/α-hetero) is 1. The minimum absolute atomic E-state index is 0.224. The molecule has 0 amide bonds. The van der Waals surface area contributed by atoms with Crippen LogP contribution in [0.5, 0.6) is 0 Å². The number of hydrogen-bond acceptors (Lipinski definition) is 4. The summed E-state index contributed by atoms with van der Waals surface area (Å²) in [5.41, 5.74) is 1.73. The van der Waals surface area contributed by atoms with Crippen molar-refractivity contribution in [3.63, 3.8) is 0 Å². The molecular weight excluding hydrogens is 343 g/mol. The van der Waals surface area contributed by atoms with E-state index in [2.05, 4.69) is 15.5 Å². The van der Waals surface area contributed by atoms with Crippen LogP contribution in [0, 0.1) is 5.92 Å². The lowest BCUT2D eigenvalue weighted by Crippen LogP contribution is -2.51. The number of fused-ring (bicyclic) bond motifs is 1. The van der Waals surface area contributed by atoms with Crippen LogP contribution in [0.4, 0.5) is 13.2 Å². The van der Waals surface area contributed by atoms with Crippen LogP contribution in [0.2, 0.25) is 0 Å². The first-order valence-corrected chi connectivity index (χ1v) is 8.64. The Morgan fingerprint density at radius 3 is 2.62 bits per heavy atom. The number of benzene rings is 1. The van der Waals surface area contributed by atoms with Crippen LogP contribution < -0.4 is 5.32 Å². The molecule has 0 saturated carbocycles. The SMILES string of the molecule is CC[C@@]1(c2ccccc2)C2=CN=NC2NC2=C1C(=O)C[C@@H](C(F)(F)F)C2. The molecule has 0 radical (unpaired) electrons. The summed E-state index contributed by atoms with van der Waals surface area (Å²) in [7, 11) is 0. The van der Waals surface area contributed by atoms with Crippen molar-refractivity contribution in [2.24, 2.45) is 16.1 Å². The summed E-state index contributed by atoms with van der Waals surface area (Å²) in [5.74, 6) is -2.10. The van der Waals surface area contributed by atoms with Gasteiger partial charge in [0.2, 0.25) is 0 Å². The number of hydrogen-bond donors (Lipinski definition) is 1. The van der Waals surface area contributed by atoms with Crippen LogP contribution >= 0.6 is 0 Å². The van der Waals surface area contributed by atoms with Crippen molar-refractivity contribution in [2.75, 3.05) is 0 Å². The van der Waals surface area contributed by atoms with Gasteiger partial charge in [-0.3, -0.25) is 4.79 Å². The number of halogens is 3. The highest BCUT2D eigenvalue weighted by atomic mass is 19.4. The number of carbonyl (C=O) groups excluding carboxylic acids is 1. The fourth-order valence-electron chi connectivity index (χ4n) is 4.45. The Labute approximate surface area is 148 Å². The molecule has 7 heteroatoms. The molecule has 2 aliphatic heterocycles.